The lowest BCUT2D eigenvalue weighted by atomic mass is 10.1. The number of nitrogens with zero attached hydrogens (tertiary/aromatic N) is 1. The van der Waals surface area contributed by atoms with Gasteiger partial charge in [0.25, 0.3) is 0 Å². The number of amides is 1. The van der Waals surface area contributed by atoms with Gasteiger partial charge in [-0.1, -0.05) is 6.07 Å². The average Bonchev–Trinajstić information content (AvgIpc) is 2.89. The Bertz CT molecular complexity index is 542. The number of thioether (sulfide) groups is 1. The van der Waals surface area contributed by atoms with Crippen LogP contribution in [0.3, 0.4) is 0 Å². The summed E-state index contributed by atoms with van der Waals surface area (Å²) in [5.74, 6) is -0.818. The molecule has 0 radical (unpaired) electrons. The van der Waals surface area contributed by atoms with Gasteiger partial charge in [0.2, 0.25) is 5.91 Å². The van der Waals surface area contributed by atoms with Crippen LogP contribution in [0.2, 0.25) is 0 Å². The monoisotopic (exact) mass is 307 g/mol. The maximum atomic E-state index is 12.2. The molecular formula is C16H21NO3S. The van der Waals surface area contributed by atoms with Crippen molar-refractivity contribution in [2.45, 2.75) is 44.0 Å². The molecule has 0 aliphatic heterocycles. The van der Waals surface area contributed by atoms with E-state index in [0.29, 0.717) is 0 Å². The first-order valence-corrected chi connectivity index (χ1v) is 8.22. The molecule has 4 nitrogen and oxygen atoms in total. The summed E-state index contributed by atoms with van der Waals surface area (Å²) in [5, 5.41) is 8.87. The van der Waals surface area contributed by atoms with Crippen LogP contribution in [-0.4, -0.2) is 40.2 Å². The van der Waals surface area contributed by atoms with Crippen molar-refractivity contribution in [2.24, 2.45) is 0 Å². The van der Waals surface area contributed by atoms with Crippen molar-refractivity contribution in [1.82, 2.24) is 4.90 Å². The van der Waals surface area contributed by atoms with Gasteiger partial charge in [0.15, 0.2) is 0 Å². The molecule has 0 aromatic heterocycles. The van der Waals surface area contributed by atoms with Gasteiger partial charge in [-0.05, 0) is 56.4 Å². The Morgan fingerprint density at radius 1 is 1.29 bits per heavy atom. The van der Waals surface area contributed by atoms with Crippen LogP contribution in [0.25, 0.3) is 0 Å². The molecule has 21 heavy (non-hydrogen) atoms. The van der Waals surface area contributed by atoms with E-state index in [1.807, 2.05) is 13.8 Å². The van der Waals surface area contributed by atoms with Crippen molar-refractivity contribution in [3.8, 4) is 0 Å². The van der Waals surface area contributed by atoms with Crippen LogP contribution in [0.4, 0.5) is 0 Å². The highest BCUT2D eigenvalue weighted by atomic mass is 32.2. The first-order chi connectivity index (χ1) is 9.97. The second-order valence-electron chi connectivity index (χ2n) is 5.58. The van der Waals surface area contributed by atoms with E-state index in [1.165, 1.54) is 34.2 Å². The average molecular weight is 307 g/mol. The number of hydrogen-bond donors (Lipinski definition) is 1. The van der Waals surface area contributed by atoms with Gasteiger partial charge in [-0.3, -0.25) is 9.59 Å². The van der Waals surface area contributed by atoms with Gasteiger partial charge in [-0.15, -0.1) is 11.8 Å². The summed E-state index contributed by atoms with van der Waals surface area (Å²) in [4.78, 5) is 25.5. The minimum Gasteiger partial charge on any atom is -0.480 e. The Labute approximate surface area is 129 Å². The fraction of sp³-hybridized carbons (Fsp3) is 0.500. The van der Waals surface area contributed by atoms with Crippen molar-refractivity contribution in [2.75, 3.05) is 12.3 Å². The van der Waals surface area contributed by atoms with Crippen molar-refractivity contribution in [3.63, 3.8) is 0 Å². The topological polar surface area (TPSA) is 57.6 Å². The third-order valence-electron chi connectivity index (χ3n) is 3.68. The Morgan fingerprint density at radius 3 is 2.67 bits per heavy atom. The van der Waals surface area contributed by atoms with Crippen molar-refractivity contribution in [3.05, 3.63) is 29.3 Å². The fourth-order valence-corrected chi connectivity index (χ4v) is 3.42. The molecular weight excluding hydrogens is 286 g/mol. The lowest BCUT2D eigenvalue weighted by Crippen LogP contribution is -2.41. The summed E-state index contributed by atoms with van der Waals surface area (Å²) in [6.07, 6.45) is 3.48. The van der Waals surface area contributed by atoms with Crippen molar-refractivity contribution in [1.29, 1.82) is 0 Å². The molecule has 0 fully saturated rings. The predicted molar refractivity (Wildman–Crippen MR) is 83.7 cm³/mol. The molecule has 0 saturated heterocycles. The number of rotatable bonds is 6. The molecule has 1 aliphatic carbocycles. The molecule has 1 aromatic rings. The number of hydrogen-bond acceptors (Lipinski definition) is 3. The number of fused-ring (bicyclic) bond motifs is 1. The van der Waals surface area contributed by atoms with Crippen LogP contribution in [0.5, 0.6) is 0 Å². The maximum absolute atomic E-state index is 12.2. The van der Waals surface area contributed by atoms with E-state index in [-0.39, 0.29) is 24.2 Å². The van der Waals surface area contributed by atoms with Gasteiger partial charge in [-0.25, -0.2) is 0 Å². The van der Waals surface area contributed by atoms with E-state index in [9.17, 15) is 9.59 Å². The number of benzene rings is 1. The molecule has 1 aromatic carbocycles. The summed E-state index contributed by atoms with van der Waals surface area (Å²) in [7, 11) is 0. The first-order valence-electron chi connectivity index (χ1n) is 7.23. The number of aryl methyl sites for hydroxylation is 2. The minimum absolute atomic E-state index is 0.103. The van der Waals surface area contributed by atoms with Gasteiger partial charge < -0.3 is 10.0 Å². The standard InChI is InChI=1S/C16H21NO3S/c1-11(2)17(9-16(19)20)15(18)10-21-14-7-6-12-4-3-5-13(12)8-14/h6-8,11H,3-5,9-10H2,1-2H3,(H,19,20). The Morgan fingerprint density at radius 2 is 2.00 bits per heavy atom. The lowest BCUT2D eigenvalue weighted by molar-refractivity contribution is -0.144. The van der Waals surface area contributed by atoms with Crippen LogP contribution in [0, 0.1) is 0 Å². The van der Waals surface area contributed by atoms with Crippen molar-refractivity contribution < 1.29 is 14.7 Å². The number of carboxylic acids is 1. The number of aliphatic carboxylic acids is 1. The number of carbonyl (C=O) groups is 2. The summed E-state index contributed by atoms with van der Waals surface area (Å²) < 4.78 is 0. The molecule has 0 unspecified atom stereocenters. The van der Waals surface area contributed by atoms with Gasteiger partial charge in [0.1, 0.15) is 6.54 Å². The van der Waals surface area contributed by atoms with Crippen LogP contribution in [-0.2, 0) is 22.4 Å². The van der Waals surface area contributed by atoms with Gasteiger partial charge in [-0.2, -0.15) is 0 Å². The van der Waals surface area contributed by atoms with Crippen LogP contribution < -0.4 is 0 Å². The normalized spacial score (nSPS) is 13.3. The quantitative estimate of drug-likeness (QED) is 0.821. The molecule has 1 amide bonds. The zero-order chi connectivity index (χ0) is 15.4. The largest absolute Gasteiger partial charge is 0.480 e. The molecule has 0 spiro atoms. The zero-order valence-corrected chi connectivity index (χ0v) is 13.3. The smallest absolute Gasteiger partial charge is 0.323 e. The van der Waals surface area contributed by atoms with Crippen LogP contribution >= 0.6 is 11.8 Å². The highest BCUT2D eigenvalue weighted by Crippen LogP contribution is 2.27. The second-order valence-corrected chi connectivity index (χ2v) is 6.63. The molecule has 1 aliphatic rings. The number of carboxylic acid groups (broad SMARTS) is 1. The third-order valence-corrected chi connectivity index (χ3v) is 4.66. The molecule has 0 atom stereocenters. The van der Waals surface area contributed by atoms with Crippen LogP contribution in [0.15, 0.2) is 23.1 Å². The summed E-state index contributed by atoms with van der Waals surface area (Å²) >= 11 is 1.48. The van der Waals surface area contributed by atoms with E-state index in [1.54, 1.807) is 0 Å². The van der Waals surface area contributed by atoms with E-state index < -0.39 is 5.97 Å². The third kappa shape index (κ3) is 4.24. The van der Waals surface area contributed by atoms with Gasteiger partial charge in [0, 0.05) is 10.9 Å². The summed E-state index contributed by atoms with van der Waals surface area (Å²) in [5.41, 5.74) is 2.80. The molecule has 0 heterocycles. The molecule has 1 N–H and O–H groups in total. The van der Waals surface area contributed by atoms with E-state index >= 15 is 0 Å². The summed E-state index contributed by atoms with van der Waals surface area (Å²) in [6, 6.07) is 6.26. The van der Waals surface area contributed by atoms with E-state index in [0.717, 1.165) is 17.7 Å². The summed E-state index contributed by atoms with van der Waals surface area (Å²) in [6.45, 7) is 3.43. The van der Waals surface area contributed by atoms with Gasteiger partial charge in [0.05, 0.1) is 5.75 Å². The van der Waals surface area contributed by atoms with E-state index in [4.69, 9.17) is 5.11 Å². The lowest BCUT2D eigenvalue weighted by Gasteiger charge is -2.24. The highest BCUT2D eigenvalue weighted by Gasteiger charge is 2.20. The zero-order valence-electron chi connectivity index (χ0n) is 12.5. The predicted octanol–water partition coefficient (Wildman–Crippen LogP) is 2.59. The Kier molecular flexibility index (Phi) is 5.28. The Hall–Kier alpha value is -1.49. The van der Waals surface area contributed by atoms with E-state index in [2.05, 4.69) is 18.2 Å². The molecule has 114 valence electrons. The molecule has 2 rings (SSSR count). The van der Waals surface area contributed by atoms with Crippen LogP contribution in [0.1, 0.15) is 31.4 Å². The second kappa shape index (κ2) is 6.98. The fourth-order valence-electron chi connectivity index (χ4n) is 2.57. The molecule has 5 heteroatoms. The SMILES string of the molecule is CC(C)N(CC(=O)O)C(=O)CSc1ccc2c(c1)CCC2. The number of carbonyl (C=O) groups excluding carboxylic acids is 1. The highest BCUT2D eigenvalue weighted by molar-refractivity contribution is 8.00. The molecule has 0 bridgehead atoms. The van der Waals surface area contributed by atoms with Gasteiger partial charge >= 0.3 is 5.97 Å². The maximum Gasteiger partial charge on any atom is 0.323 e. The first kappa shape index (κ1) is 15.9. The van der Waals surface area contributed by atoms with Crippen molar-refractivity contribution >= 4 is 23.6 Å². The molecule has 0 saturated carbocycles. The Balaban J connectivity index is 1.95. The minimum atomic E-state index is -0.973.